The van der Waals surface area contributed by atoms with Crippen LogP contribution >= 0.6 is 0 Å². The van der Waals surface area contributed by atoms with Gasteiger partial charge in [-0.25, -0.2) is 4.98 Å². The maximum Gasteiger partial charge on any atom is 0.0794 e. The van der Waals surface area contributed by atoms with Crippen molar-refractivity contribution in [3.8, 4) is 55.8 Å². The van der Waals surface area contributed by atoms with E-state index in [0.717, 1.165) is 66.5 Å². The smallest absolute Gasteiger partial charge is 0.0794 e. The van der Waals surface area contributed by atoms with Gasteiger partial charge in [0.2, 0.25) is 0 Å². The number of benzene rings is 5. The monoisotopic (exact) mass is 561 g/mol. The molecule has 5 aromatic carbocycles. The highest BCUT2D eigenvalue weighted by Crippen LogP contribution is 2.37. The Morgan fingerprint density at radius 1 is 0.364 bits per heavy atom. The van der Waals surface area contributed by atoms with Crippen LogP contribution in [0.3, 0.4) is 0 Å². The third kappa shape index (κ3) is 4.81. The van der Waals surface area contributed by atoms with E-state index in [1.165, 1.54) is 10.9 Å². The van der Waals surface area contributed by atoms with E-state index in [-0.39, 0.29) is 0 Å². The zero-order chi connectivity index (χ0) is 29.3. The Morgan fingerprint density at radius 3 is 1.61 bits per heavy atom. The third-order valence-corrected chi connectivity index (χ3v) is 8.23. The molecule has 8 aromatic rings. The van der Waals surface area contributed by atoms with Crippen molar-refractivity contribution < 1.29 is 0 Å². The lowest BCUT2D eigenvalue weighted by Gasteiger charge is -2.14. The molecule has 3 heterocycles. The Balaban J connectivity index is 1.27. The average Bonchev–Trinajstić information content (AvgIpc) is 3.12. The summed E-state index contributed by atoms with van der Waals surface area (Å²) < 4.78 is 0. The van der Waals surface area contributed by atoms with Crippen LogP contribution in [0.2, 0.25) is 0 Å². The second kappa shape index (κ2) is 11.0. The lowest BCUT2D eigenvalue weighted by molar-refractivity contribution is 1.32. The second-order valence-corrected chi connectivity index (χ2v) is 11.0. The number of rotatable bonds is 5. The number of nitrogens with zero attached hydrogens (tertiary/aromatic N) is 3. The lowest BCUT2D eigenvalue weighted by atomic mass is 9.92. The molecule has 0 aliphatic heterocycles. The van der Waals surface area contributed by atoms with Crippen LogP contribution in [-0.2, 0) is 0 Å². The SMILES string of the molecule is c1ccc(-c2cc(-c3ccc(-c4cc(-c5cccnc5)cc(-c5cccnc5)c4)cc3)c3ccc4ccccc4c3n2)cc1. The topological polar surface area (TPSA) is 38.7 Å². The summed E-state index contributed by atoms with van der Waals surface area (Å²) >= 11 is 0. The van der Waals surface area contributed by atoms with Crippen LogP contribution in [0.4, 0.5) is 0 Å². The Bertz CT molecular complexity index is 2190. The van der Waals surface area contributed by atoms with Gasteiger partial charge in [-0.3, -0.25) is 9.97 Å². The van der Waals surface area contributed by atoms with E-state index in [1.54, 1.807) is 0 Å². The van der Waals surface area contributed by atoms with Gasteiger partial charge in [0, 0.05) is 52.3 Å². The van der Waals surface area contributed by atoms with Crippen LogP contribution in [0.5, 0.6) is 0 Å². The first-order valence-corrected chi connectivity index (χ1v) is 14.7. The first-order valence-electron chi connectivity index (χ1n) is 14.7. The van der Waals surface area contributed by atoms with E-state index >= 15 is 0 Å². The zero-order valence-corrected chi connectivity index (χ0v) is 23.9. The Labute approximate surface area is 256 Å². The molecule has 3 nitrogen and oxygen atoms in total. The minimum Gasteiger partial charge on any atom is -0.264 e. The van der Waals surface area contributed by atoms with Crippen LogP contribution < -0.4 is 0 Å². The molecular weight excluding hydrogens is 534 g/mol. The summed E-state index contributed by atoms with van der Waals surface area (Å²) in [5, 5.41) is 3.50. The summed E-state index contributed by atoms with van der Waals surface area (Å²) in [5.74, 6) is 0. The largest absolute Gasteiger partial charge is 0.264 e. The van der Waals surface area contributed by atoms with E-state index in [2.05, 4.69) is 131 Å². The first kappa shape index (κ1) is 25.8. The molecule has 206 valence electrons. The fourth-order valence-corrected chi connectivity index (χ4v) is 5.99. The quantitative estimate of drug-likeness (QED) is 0.196. The van der Waals surface area contributed by atoms with E-state index in [9.17, 15) is 0 Å². The highest BCUT2D eigenvalue weighted by atomic mass is 14.7. The molecule has 3 aromatic heterocycles. The van der Waals surface area contributed by atoms with Gasteiger partial charge in [-0.1, -0.05) is 103 Å². The first-order chi connectivity index (χ1) is 21.8. The van der Waals surface area contributed by atoms with Gasteiger partial charge >= 0.3 is 0 Å². The predicted molar refractivity (Wildman–Crippen MR) is 182 cm³/mol. The van der Waals surface area contributed by atoms with E-state index in [1.807, 2.05) is 43.0 Å². The summed E-state index contributed by atoms with van der Waals surface area (Å²) in [7, 11) is 0. The van der Waals surface area contributed by atoms with E-state index in [4.69, 9.17) is 4.98 Å². The molecule has 0 saturated heterocycles. The number of fused-ring (bicyclic) bond motifs is 3. The molecule has 0 spiro atoms. The summed E-state index contributed by atoms with van der Waals surface area (Å²) in [6.07, 6.45) is 7.45. The summed E-state index contributed by atoms with van der Waals surface area (Å²) in [4.78, 5) is 13.9. The van der Waals surface area contributed by atoms with Crippen molar-refractivity contribution in [2.45, 2.75) is 0 Å². The molecule has 44 heavy (non-hydrogen) atoms. The normalized spacial score (nSPS) is 11.2. The Kier molecular flexibility index (Phi) is 6.47. The second-order valence-electron chi connectivity index (χ2n) is 11.0. The number of aromatic nitrogens is 3. The zero-order valence-electron chi connectivity index (χ0n) is 23.9. The molecule has 0 unspecified atom stereocenters. The van der Waals surface area contributed by atoms with Gasteiger partial charge in [-0.05, 0) is 75.2 Å². The molecule has 0 fully saturated rings. The maximum atomic E-state index is 5.19. The van der Waals surface area contributed by atoms with Crippen molar-refractivity contribution in [1.29, 1.82) is 0 Å². The van der Waals surface area contributed by atoms with Crippen molar-refractivity contribution in [3.63, 3.8) is 0 Å². The molecule has 0 atom stereocenters. The van der Waals surface area contributed by atoms with E-state index < -0.39 is 0 Å². The molecule has 0 amide bonds. The van der Waals surface area contributed by atoms with Crippen LogP contribution in [0.25, 0.3) is 77.4 Å². The highest BCUT2D eigenvalue weighted by Gasteiger charge is 2.13. The van der Waals surface area contributed by atoms with Crippen molar-refractivity contribution in [2.75, 3.05) is 0 Å². The standard InChI is InChI=1S/C41H27N3/c1-2-9-31(10-3-1)40-25-39(38-19-18-29-8-4-5-13-37(29)41(38)44-40)30-16-14-28(15-17-30)34-22-35(32-11-6-20-42-26-32)24-36(23-34)33-12-7-21-43-27-33/h1-27H. The highest BCUT2D eigenvalue weighted by molar-refractivity contribution is 6.11. The summed E-state index contributed by atoms with van der Waals surface area (Å²) in [6, 6.07) is 49.3. The molecule has 8 rings (SSSR count). The Morgan fingerprint density at radius 2 is 0.955 bits per heavy atom. The third-order valence-electron chi connectivity index (χ3n) is 8.23. The minimum absolute atomic E-state index is 0.971. The number of pyridine rings is 3. The predicted octanol–water partition coefficient (Wildman–Crippen LogP) is 10.5. The van der Waals surface area contributed by atoms with Gasteiger partial charge < -0.3 is 0 Å². The van der Waals surface area contributed by atoms with Crippen LogP contribution in [0, 0.1) is 0 Å². The fourth-order valence-electron chi connectivity index (χ4n) is 5.99. The number of hydrogen-bond acceptors (Lipinski definition) is 3. The molecule has 0 aliphatic rings. The average molecular weight is 562 g/mol. The molecule has 0 saturated carbocycles. The van der Waals surface area contributed by atoms with Crippen molar-refractivity contribution in [1.82, 2.24) is 15.0 Å². The van der Waals surface area contributed by atoms with Gasteiger partial charge in [0.25, 0.3) is 0 Å². The molecular formula is C41H27N3. The Hall–Kier alpha value is -5.93. The minimum atomic E-state index is 0.971. The molecule has 0 aliphatic carbocycles. The molecule has 0 N–H and O–H groups in total. The molecule has 0 radical (unpaired) electrons. The van der Waals surface area contributed by atoms with Gasteiger partial charge in [0.05, 0.1) is 11.2 Å². The van der Waals surface area contributed by atoms with Crippen LogP contribution in [0.1, 0.15) is 0 Å². The summed E-state index contributed by atoms with van der Waals surface area (Å²) in [6.45, 7) is 0. The van der Waals surface area contributed by atoms with E-state index in [0.29, 0.717) is 0 Å². The van der Waals surface area contributed by atoms with Gasteiger partial charge in [0.1, 0.15) is 0 Å². The lowest BCUT2D eigenvalue weighted by Crippen LogP contribution is -1.91. The fraction of sp³-hybridized carbons (Fsp3) is 0. The van der Waals surface area contributed by atoms with Gasteiger partial charge in [0.15, 0.2) is 0 Å². The van der Waals surface area contributed by atoms with Gasteiger partial charge in [-0.2, -0.15) is 0 Å². The van der Waals surface area contributed by atoms with Crippen molar-refractivity contribution in [3.05, 3.63) is 164 Å². The maximum absolute atomic E-state index is 5.19. The molecule has 0 bridgehead atoms. The van der Waals surface area contributed by atoms with Crippen molar-refractivity contribution in [2.24, 2.45) is 0 Å². The molecule has 3 heteroatoms. The van der Waals surface area contributed by atoms with Crippen molar-refractivity contribution >= 4 is 21.7 Å². The summed E-state index contributed by atoms with van der Waals surface area (Å²) in [5.41, 5.74) is 12.1. The van der Waals surface area contributed by atoms with Crippen LogP contribution in [0.15, 0.2) is 164 Å². The number of hydrogen-bond donors (Lipinski definition) is 0. The van der Waals surface area contributed by atoms with Gasteiger partial charge in [-0.15, -0.1) is 0 Å². The van der Waals surface area contributed by atoms with Crippen LogP contribution in [-0.4, -0.2) is 15.0 Å².